The zero-order valence-electron chi connectivity index (χ0n) is 12.3. The minimum Gasteiger partial charge on any atom is -0.756 e. The van der Waals surface area contributed by atoms with Crippen molar-refractivity contribution in [1.29, 1.82) is 0 Å². The highest BCUT2D eigenvalue weighted by atomic mass is 31.3. The highest BCUT2D eigenvalue weighted by Crippen LogP contribution is 2.61. The molecule has 1 saturated heterocycles. The van der Waals surface area contributed by atoms with Crippen molar-refractivity contribution < 1.29 is 61.0 Å². The van der Waals surface area contributed by atoms with Gasteiger partial charge < -0.3 is 38.7 Å². The summed E-state index contributed by atoms with van der Waals surface area (Å²) < 4.78 is 53.4. The molecule has 0 aromatic rings. The Morgan fingerprint density at radius 2 is 1.67 bits per heavy atom. The van der Waals surface area contributed by atoms with Gasteiger partial charge >= 0.3 is 0 Å². The highest BCUT2D eigenvalue weighted by Gasteiger charge is 2.42. The number of aliphatic hydroxyl groups excluding tert-OH is 1. The van der Waals surface area contributed by atoms with E-state index in [1.165, 1.54) is 14.0 Å². The molecule has 17 heteroatoms. The minimum atomic E-state index is -5.94. The molecule has 24 heavy (non-hydrogen) atoms. The molecule has 141 valence electrons. The van der Waals surface area contributed by atoms with Crippen LogP contribution >= 0.6 is 23.5 Å². The van der Waals surface area contributed by atoms with E-state index in [0.717, 1.165) is 0 Å². The highest BCUT2D eigenvalue weighted by molar-refractivity contribution is 7.65. The molecular formula is C7H14BO13P3-3. The van der Waals surface area contributed by atoms with E-state index in [1.54, 1.807) is 0 Å². The van der Waals surface area contributed by atoms with Gasteiger partial charge in [0, 0.05) is 15.5 Å². The molecule has 0 saturated carbocycles. The smallest absolute Gasteiger partial charge is 0.280 e. The van der Waals surface area contributed by atoms with E-state index < -0.39 is 54.5 Å². The van der Waals surface area contributed by atoms with Gasteiger partial charge in [0.15, 0.2) is 0 Å². The van der Waals surface area contributed by atoms with E-state index >= 15 is 0 Å². The van der Waals surface area contributed by atoms with Crippen molar-refractivity contribution in [2.24, 2.45) is 0 Å². The molecule has 0 aromatic heterocycles. The maximum Gasteiger partial charge on any atom is 0.280 e. The fraction of sp³-hybridized carbons (Fsp3) is 1.00. The first-order valence-corrected chi connectivity index (χ1v) is 10.3. The van der Waals surface area contributed by atoms with Gasteiger partial charge in [-0.2, -0.15) is 0 Å². The second-order valence-corrected chi connectivity index (χ2v) is 8.68. The van der Waals surface area contributed by atoms with Crippen LogP contribution in [0.2, 0.25) is 0 Å². The molecule has 0 amide bonds. The molecule has 1 aliphatic rings. The molecule has 0 bridgehead atoms. The molecule has 1 aliphatic heterocycles. The normalized spacial score (nSPS) is 34.6. The Labute approximate surface area is 138 Å². The van der Waals surface area contributed by atoms with Gasteiger partial charge in [-0.1, -0.05) is 0 Å². The Kier molecular flexibility index (Phi) is 8.96. The summed E-state index contributed by atoms with van der Waals surface area (Å²) in [4.78, 5) is 40.8. The van der Waals surface area contributed by atoms with Crippen molar-refractivity contribution in [3.63, 3.8) is 0 Å². The summed E-state index contributed by atoms with van der Waals surface area (Å²) in [6.45, 7) is 0.700. The second kappa shape index (κ2) is 8.83. The van der Waals surface area contributed by atoms with Gasteiger partial charge in [-0.25, -0.2) is 8.62 Å². The lowest BCUT2D eigenvalue weighted by Crippen LogP contribution is -2.36. The second-order valence-electron chi connectivity index (χ2n) is 4.39. The monoisotopic (exact) mass is 410 g/mol. The molecule has 0 aliphatic carbocycles. The van der Waals surface area contributed by atoms with E-state index in [1.807, 2.05) is 0 Å². The summed E-state index contributed by atoms with van der Waals surface area (Å²) in [5.74, 6) is 0. The van der Waals surface area contributed by atoms with Crippen LogP contribution in [0.25, 0.3) is 0 Å². The topological polar surface area (TPSA) is 207 Å². The van der Waals surface area contributed by atoms with E-state index in [9.17, 15) is 33.5 Å². The number of methoxy groups -OCH3 is 1. The molecule has 2 N–H and O–H groups in total. The van der Waals surface area contributed by atoms with Crippen molar-refractivity contribution in [3.05, 3.63) is 0 Å². The van der Waals surface area contributed by atoms with Crippen LogP contribution in [0.3, 0.4) is 0 Å². The molecule has 13 nitrogen and oxygen atoms in total. The molecule has 0 aromatic carbocycles. The van der Waals surface area contributed by atoms with Crippen LogP contribution in [0.1, 0.15) is 6.92 Å². The van der Waals surface area contributed by atoms with Crippen LogP contribution in [0.4, 0.5) is 0 Å². The summed E-state index contributed by atoms with van der Waals surface area (Å²) >= 11 is 0. The quantitative estimate of drug-likeness (QED) is 0.307. The van der Waals surface area contributed by atoms with Crippen molar-refractivity contribution in [2.45, 2.75) is 31.3 Å². The van der Waals surface area contributed by atoms with Gasteiger partial charge in [0.05, 0.1) is 12.7 Å². The number of hydrogen-bond acceptors (Lipinski definition) is 12. The van der Waals surface area contributed by atoms with E-state index in [-0.39, 0.29) is 8.41 Å². The fourth-order valence-electron chi connectivity index (χ4n) is 1.80. The summed E-state index contributed by atoms with van der Waals surface area (Å²) in [6, 6.07) is 0. The third-order valence-corrected chi connectivity index (χ3v) is 6.34. The number of rotatable bonds is 8. The van der Waals surface area contributed by atoms with Gasteiger partial charge in [-0.3, -0.25) is 13.7 Å². The number of hydrogen-bond donors (Lipinski definition) is 2. The van der Waals surface area contributed by atoms with Gasteiger partial charge in [0.2, 0.25) is 0 Å². The lowest BCUT2D eigenvalue weighted by atomic mass is 10.1. The fourth-order valence-corrected chi connectivity index (χ4v) is 4.69. The zero-order chi connectivity index (χ0) is 18.1. The Morgan fingerprint density at radius 1 is 1.12 bits per heavy atom. The average molecular weight is 410 g/mol. The van der Waals surface area contributed by atoms with Gasteiger partial charge in [0.25, 0.3) is 23.5 Å². The number of phosphoric acid groups is 3. The van der Waals surface area contributed by atoms with Crippen LogP contribution in [0.5, 0.6) is 0 Å². The first kappa shape index (κ1) is 24.4. The first-order valence-electron chi connectivity index (χ1n) is 5.86. The Balaban J connectivity index is 0.00000529. The summed E-state index contributed by atoms with van der Waals surface area (Å²) in [5.41, 5.74) is 0. The van der Waals surface area contributed by atoms with Gasteiger partial charge in [0.1, 0.15) is 18.3 Å². The maximum atomic E-state index is 11.3. The number of aliphatic hydroxyl groups is 1. The first-order chi connectivity index (χ1) is 10.3. The summed E-state index contributed by atoms with van der Waals surface area (Å²) in [5, 5.41) is 9.68. The SMILES string of the molecule is COC1[C@@H](COP(=O)([O-])OP(=O)([O-])OP(=O)([O-])O)O[C@@H](C)[C@H]1O.[B]. The predicted molar refractivity (Wildman–Crippen MR) is 70.1 cm³/mol. The molecule has 7 atom stereocenters. The van der Waals surface area contributed by atoms with Crippen molar-refractivity contribution in [3.8, 4) is 0 Å². The molecule has 1 heterocycles. The molecular weight excluding hydrogens is 396 g/mol. The van der Waals surface area contributed by atoms with Crippen molar-refractivity contribution >= 4 is 31.9 Å². The lowest BCUT2D eigenvalue weighted by Gasteiger charge is -2.33. The standard InChI is InChI=1S/C7H17O13P3.B/c1-4-6(8)7(16-2)5(18-4)3-17-22(12,13)20-23(14,15)19-21(9,10)11;/h4-8H,3H2,1-2H3,(H,12,13)(H,14,15)(H2,9,10,11);/p-3/t4-,5+,6+,7?;/m0./s1. The Bertz CT molecular complexity index is 550. The van der Waals surface area contributed by atoms with Crippen LogP contribution < -0.4 is 14.7 Å². The largest absolute Gasteiger partial charge is 0.756 e. The van der Waals surface area contributed by atoms with E-state index in [4.69, 9.17) is 14.4 Å². The predicted octanol–water partition coefficient (Wildman–Crippen LogP) is -2.78. The summed E-state index contributed by atoms with van der Waals surface area (Å²) in [6.07, 6.45) is -3.78. The minimum absolute atomic E-state index is 0. The average Bonchev–Trinajstić information content (AvgIpc) is 2.57. The van der Waals surface area contributed by atoms with Gasteiger partial charge in [-0.15, -0.1) is 0 Å². The van der Waals surface area contributed by atoms with Crippen molar-refractivity contribution in [2.75, 3.05) is 13.7 Å². The Morgan fingerprint density at radius 3 is 2.12 bits per heavy atom. The van der Waals surface area contributed by atoms with Crippen LogP contribution in [-0.4, -0.2) is 56.5 Å². The van der Waals surface area contributed by atoms with Crippen molar-refractivity contribution in [1.82, 2.24) is 0 Å². The lowest BCUT2D eigenvalue weighted by molar-refractivity contribution is -0.250. The summed E-state index contributed by atoms with van der Waals surface area (Å²) in [7, 11) is -16.1. The van der Waals surface area contributed by atoms with Crippen LogP contribution in [-0.2, 0) is 36.3 Å². The number of phosphoric ester groups is 1. The molecule has 3 radical (unpaired) electrons. The third-order valence-electron chi connectivity index (χ3n) is 2.65. The zero-order valence-corrected chi connectivity index (χ0v) is 15.0. The molecule has 1 fully saturated rings. The van der Waals surface area contributed by atoms with Crippen LogP contribution in [0, 0.1) is 0 Å². The number of ether oxygens (including phenoxy) is 2. The molecule has 0 spiro atoms. The van der Waals surface area contributed by atoms with Crippen LogP contribution in [0.15, 0.2) is 0 Å². The Hall–Kier alpha value is 0.355. The van der Waals surface area contributed by atoms with Gasteiger partial charge in [-0.05, 0) is 6.92 Å². The van der Waals surface area contributed by atoms with E-state index in [0.29, 0.717) is 0 Å². The third kappa shape index (κ3) is 7.71. The van der Waals surface area contributed by atoms with E-state index in [2.05, 4.69) is 13.1 Å². The molecule has 4 unspecified atom stereocenters. The molecule has 1 rings (SSSR count). The maximum absolute atomic E-state index is 11.3.